The Morgan fingerprint density at radius 1 is 1.30 bits per heavy atom. The minimum Gasteiger partial charge on any atom is -0.468 e. The van der Waals surface area contributed by atoms with Crippen LogP contribution in [0.4, 0.5) is 0 Å². The van der Waals surface area contributed by atoms with Crippen LogP contribution in [0.3, 0.4) is 0 Å². The van der Waals surface area contributed by atoms with Gasteiger partial charge in [0.05, 0.1) is 22.2 Å². The Morgan fingerprint density at radius 3 is 2.63 bits per heavy atom. The van der Waals surface area contributed by atoms with Crippen molar-refractivity contribution in [2.75, 3.05) is 13.4 Å². The van der Waals surface area contributed by atoms with E-state index >= 15 is 0 Å². The predicted octanol–water partition coefficient (Wildman–Crippen LogP) is 2.29. The molecule has 1 aromatic heterocycles. The number of amides is 1. The summed E-state index contributed by atoms with van der Waals surface area (Å²) in [4.78, 5) is 29.0. The van der Waals surface area contributed by atoms with Gasteiger partial charge in [-0.3, -0.25) is 9.59 Å². The predicted molar refractivity (Wildman–Crippen MR) is 102 cm³/mol. The molecule has 1 aliphatic carbocycles. The van der Waals surface area contributed by atoms with Gasteiger partial charge in [-0.05, 0) is 37.0 Å². The highest BCUT2D eigenvalue weighted by Crippen LogP contribution is 2.28. The summed E-state index contributed by atoms with van der Waals surface area (Å²) in [6.45, 7) is -0.0930. The summed E-state index contributed by atoms with van der Waals surface area (Å²) in [5, 5.41) is 0. The van der Waals surface area contributed by atoms with Crippen LogP contribution >= 0.6 is 11.3 Å². The van der Waals surface area contributed by atoms with E-state index in [1.807, 2.05) is 0 Å². The molecule has 1 amide bonds. The van der Waals surface area contributed by atoms with E-state index < -0.39 is 15.8 Å². The molecule has 0 atom stereocenters. The lowest BCUT2D eigenvalue weighted by atomic mass is 10.0. The van der Waals surface area contributed by atoms with Crippen molar-refractivity contribution in [1.82, 2.24) is 4.57 Å². The number of hydrogen-bond donors (Lipinski definition) is 0. The molecule has 9 heteroatoms. The zero-order chi connectivity index (χ0) is 19.6. The summed E-state index contributed by atoms with van der Waals surface area (Å²) < 4.78 is 30.6. The largest absolute Gasteiger partial charge is 0.468 e. The van der Waals surface area contributed by atoms with E-state index in [4.69, 9.17) is 4.74 Å². The van der Waals surface area contributed by atoms with E-state index in [0.29, 0.717) is 27.4 Å². The Hall–Kier alpha value is -2.00. The van der Waals surface area contributed by atoms with E-state index in [1.54, 1.807) is 16.7 Å². The Balaban J connectivity index is 2.05. The van der Waals surface area contributed by atoms with Crippen LogP contribution in [0, 0.1) is 5.92 Å². The highest BCUT2D eigenvalue weighted by molar-refractivity contribution is 7.90. The molecule has 1 fully saturated rings. The summed E-state index contributed by atoms with van der Waals surface area (Å²) in [5.74, 6) is -0.302. The quantitative estimate of drug-likeness (QED) is 0.705. The second-order valence-corrected chi connectivity index (χ2v) is 9.83. The zero-order valence-electron chi connectivity index (χ0n) is 15.3. The van der Waals surface area contributed by atoms with Crippen molar-refractivity contribution < 1.29 is 22.7 Å². The molecule has 0 aliphatic heterocycles. The maximum absolute atomic E-state index is 12.4. The summed E-state index contributed by atoms with van der Waals surface area (Å²) in [7, 11) is -2.06. The number of hydrogen-bond acceptors (Lipinski definition) is 6. The average molecular weight is 411 g/mol. The number of rotatable bonds is 5. The molecule has 0 bridgehead atoms. The molecule has 1 aromatic carbocycles. The van der Waals surface area contributed by atoms with Crippen molar-refractivity contribution in [3.63, 3.8) is 0 Å². The number of carbonyl (C=O) groups is 2. The van der Waals surface area contributed by atoms with Crippen LogP contribution in [0.2, 0.25) is 0 Å². The maximum atomic E-state index is 12.4. The first-order chi connectivity index (χ1) is 12.8. The molecule has 1 heterocycles. The second kappa shape index (κ2) is 7.93. The molecule has 0 N–H and O–H groups in total. The minimum atomic E-state index is -3.36. The number of aromatic nitrogens is 1. The topological polar surface area (TPSA) is 94.8 Å². The molecule has 2 aromatic rings. The number of nitrogens with zero attached hydrogens (tertiary/aromatic N) is 2. The highest BCUT2D eigenvalue weighted by Gasteiger charge is 2.19. The number of thiazole rings is 1. The number of fused-ring (bicyclic) bond motifs is 1. The van der Waals surface area contributed by atoms with Gasteiger partial charge in [0.15, 0.2) is 14.6 Å². The van der Waals surface area contributed by atoms with E-state index in [2.05, 4.69) is 4.99 Å². The lowest BCUT2D eigenvalue weighted by Gasteiger charge is -2.05. The van der Waals surface area contributed by atoms with E-state index in [9.17, 15) is 18.0 Å². The van der Waals surface area contributed by atoms with Crippen LogP contribution in [-0.2, 0) is 30.7 Å². The third kappa shape index (κ3) is 4.65. The molecule has 0 spiro atoms. The third-order valence-electron chi connectivity index (χ3n) is 4.76. The maximum Gasteiger partial charge on any atom is 0.325 e. The Labute approximate surface area is 161 Å². The first-order valence-electron chi connectivity index (χ1n) is 8.76. The zero-order valence-corrected chi connectivity index (χ0v) is 16.9. The molecular formula is C18H22N2O5S2. The van der Waals surface area contributed by atoms with Gasteiger partial charge in [-0.25, -0.2) is 8.42 Å². The van der Waals surface area contributed by atoms with Crippen molar-refractivity contribution in [3.8, 4) is 0 Å². The van der Waals surface area contributed by atoms with Gasteiger partial charge < -0.3 is 9.30 Å². The molecular weight excluding hydrogens is 388 g/mol. The van der Waals surface area contributed by atoms with Gasteiger partial charge in [-0.1, -0.05) is 24.2 Å². The molecule has 1 saturated carbocycles. The first kappa shape index (κ1) is 19.8. The summed E-state index contributed by atoms with van der Waals surface area (Å²) >= 11 is 1.20. The second-order valence-electron chi connectivity index (χ2n) is 6.81. The van der Waals surface area contributed by atoms with Gasteiger partial charge in [-0.2, -0.15) is 4.99 Å². The number of benzene rings is 1. The first-order valence-corrected chi connectivity index (χ1v) is 11.5. The molecule has 3 rings (SSSR count). The van der Waals surface area contributed by atoms with Crippen LogP contribution in [0.25, 0.3) is 10.2 Å². The third-order valence-corrected chi connectivity index (χ3v) is 6.91. The fourth-order valence-electron chi connectivity index (χ4n) is 3.33. The van der Waals surface area contributed by atoms with Gasteiger partial charge in [-0.15, -0.1) is 0 Å². The minimum absolute atomic E-state index is 0.0930. The standard InChI is InChI=1S/C18H22N2O5S2/c1-25-17(22)11-20-14-8-7-13(27(2,23)24)10-15(14)26-18(20)19-16(21)9-12-5-3-4-6-12/h7-8,10,12H,3-6,9,11H2,1-2H3. The van der Waals surface area contributed by atoms with E-state index in [-0.39, 0.29) is 17.3 Å². The van der Waals surface area contributed by atoms with Gasteiger partial charge in [0.2, 0.25) is 5.91 Å². The van der Waals surface area contributed by atoms with Gasteiger partial charge in [0.25, 0.3) is 0 Å². The van der Waals surface area contributed by atoms with Crippen LogP contribution in [0.15, 0.2) is 28.1 Å². The van der Waals surface area contributed by atoms with Crippen molar-refractivity contribution >= 4 is 43.3 Å². The van der Waals surface area contributed by atoms with E-state index in [0.717, 1.165) is 31.9 Å². The monoisotopic (exact) mass is 410 g/mol. The summed E-state index contributed by atoms with van der Waals surface area (Å²) in [5.41, 5.74) is 0.644. The van der Waals surface area contributed by atoms with Crippen molar-refractivity contribution in [2.24, 2.45) is 10.9 Å². The number of sulfone groups is 1. The smallest absolute Gasteiger partial charge is 0.325 e. The number of ether oxygens (including phenoxy) is 1. The normalized spacial score (nSPS) is 16.1. The van der Waals surface area contributed by atoms with Crippen LogP contribution < -0.4 is 4.80 Å². The SMILES string of the molecule is COC(=O)Cn1c(=NC(=O)CC2CCCC2)sc2cc(S(C)(=O)=O)ccc21. The summed E-state index contributed by atoms with van der Waals surface area (Å²) in [6.07, 6.45) is 5.94. The van der Waals surface area contributed by atoms with Crippen molar-refractivity contribution in [3.05, 3.63) is 23.0 Å². The molecule has 1 aliphatic rings. The number of esters is 1. The summed E-state index contributed by atoms with van der Waals surface area (Å²) in [6, 6.07) is 4.66. The van der Waals surface area contributed by atoms with Crippen molar-refractivity contribution in [1.29, 1.82) is 0 Å². The molecule has 0 unspecified atom stereocenters. The Morgan fingerprint density at radius 2 is 2.00 bits per heavy atom. The van der Waals surface area contributed by atoms with Crippen LogP contribution in [0.1, 0.15) is 32.1 Å². The number of carbonyl (C=O) groups excluding carboxylic acids is 2. The molecule has 0 radical (unpaired) electrons. The lowest BCUT2D eigenvalue weighted by Crippen LogP contribution is -2.22. The van der Waals surface area contributed by atoms with Gasteiger partial charge in [0, 0.05) is 12.7 Å². The molecule has 7 nitrogen and oxygen atoms in total. The van der Waals surface area contributed by atoms with E-state index in [1.165, 1.54) is 24.5 Å². The van der Waals surface area contributed by atoms with Crippen molar-refractivity contribution in [2.45, 2.75) is 43.5 Å². The van der Waals surface area contributed by atoms with Gasteiger partial charge in [0.1, 0.15) is 6.54 Å². The highest BCUT2D eigenvalue weighted by atomic mass is 32.2. The fraction of sp³-hybridized carbons (Fsp3) is 0.500. The Kier molecular flexibility index (Phi) is 5.81. The lowest BCUT2D eigenvalue weighted by molar-refractivity contribution is -0.141. The average Bonchev–Trinajstić information content (AvgIpc) is 3.22. The number of methoxy groups -OCH3 is 1. The molecule has 27 heavy (non-hydrogen) atoms. The Bertz CT molecular complexity index is 1040. The van der Waals surface area contributed by atoms with Gasteiger partial charge >= 0.3 is 5.97 Å². The molecule has 146 valence electrons. The molecule has 0 saturated heterocycles. The van der Waals surface area contributed by atoms with Crippen LogP contribution in [-0.4, -0.2) is 38.2 Å². The fourth-order valence-corrected chi connectivity index (χ4v) is 5.14. The van der Waals surface area contributed by atoms with Crippen LogP contribution in [0.5, 0.6) is 0 Å².